The minimum atomic E-state index is 0.268. The highest BCUT2D eigenvalue weighted by molar-refractivity contribution is 8.78. The fourth-order valence-corrected chi connectivity index (χ4v) is 4.63. The second-order valence-corrected chi connectivity index (χ2v) is 7.14. The maximum Gasteiger partial charge on any atom is 0.0530 e. The van der Waals surface area contributed by atoms with Crippen LogP contribution in [0.5, 0.6) is 0 Å². The summed E-state index contributed by atoms with van der Waals surface area (Å²) in [6.07, 6.45) is 0. The summed E-state index contributed by atoms with van der Waals surface area (Å²) in [5, 5.41) is 16.9. The molecule has 0 aliphatic carbocycles. The molecule has 0 fully saturated rings. The Labute approximate surface area is 89.4 Å². The summed E-state index contributed by atoms with van der Waals surface area (Å²) < 4.78 is 0. The molecule has 0 saturated heterocycles. The van der Waals surface area contributed by atoms with Gasteiger partial charge in [-0.05, 0) is 0 Å². The van der Waals surface area contributed by atoms with E-state index in [1.54, 1.807) is 43.2 Å². The maximum absolute atomic E-state index is 8.47. The Morgan fingerprint density at radius 3 is 1.25 bits per heavy atom. The lowest BCUT2D eigenvalue weighted by Gasteiger charge is -1.98. The van der Waals surface area contributed by atoms with Gasteiger partial charge in [-0.2, -0.15) is 0 Å². The molecule has 74 valence electrons. The second-order valence-electron chi connectivity index (χ2n) is 1.74. The monoisotopic (exact) mass is 246 g/mol. The third-order valence-corrected chi connectivity index (χ3v) is 5.80. The first kappa shape index (κ1) is 13.3. The van der Waals surface area contributed by atoms with Crippen molar-refractivity contribution in [3.05, 3.63) is 0 Å². The summed E-state index contributed by atoms with van der Waals surface area (Å²) in [6.45, 7) is 0.536. The molecule has 0 radical (unpaired) electrons. The van der Waals surface area contributed by atoms with E-state index in [1.165, 1.54) is 0 Å². The predicted molar refractivity (Wildman–Crippen MR) is 64.0 cm³/mol. The summed E-state index contributed by atoms with van der Waals surface area (Å²) in [7, 11) is 7.02. The van der Waals surface area contributed by atoms with Gasteiger partial charge in [0.25, 0.3) is 0 Å². The lowest BCUT2D eigenvalue weighted by atomic mass is 10.9. The van der Waals surface area contributed by atoms with Crippen LogP contribution < -0.4 is 0 Å². The Hall–Kier alpha value is 1.32. The number of hydrogen-bond donors (Lipinski definition) is 2. The molecule has 0 bridgehead atoms. The molecule has 0 aromatic carbocycles. The Kier molecular flexibility index (Phi) is 13.7. The van der Waals surface area contributed by atoms with Crippen LogP contribution in [0.3, 0.4) is 0 Å². The molecule has 0 amide bonds. The first-order valence-electron chi connectivity index (χ1n) is 3.62. The van der Waals surface area contributed by atoms with Crippen LogP contribution in [0.25, 0.3) is 0 Å². The third-order valence-electron chi connectivity index (χ3n) is 0.766. The number of aliphatic hydroxyl groups excluding tert-OH is 2. The maximum atomic E-state index is 8.47. The van der Waals surface area contributed by atoms with Gasteiger partial charge >= 0.3 is 0 Å². The molecule has 12 heavy (non-hydrogen) atoms. The van der Waals surface area contributed by atoms with Crippen LogP contribution in [0.2, 0.25) is 0 Å². The van der Waals surface area contributed by atoms with Gasteiger partial charge in [0.1, 0.15) is 0 Å². The number of rotatable bonds is 9. The van der Waals surface area contributed by atoms with E-state index in [0.29, 0.717) is 0 Å². The van der Waals surface area contributed by atoms with Crippen LogP contribution >= 0.6 is 43.2 Å². The van der Waals surface area contributed by atoms with Gasteiger partial charge in [0.2, 0.25) is 0 Å². The molecule has 2 nitrogen and oxygen atoms in total. The molecule has 0 aliphatic heterocycles. The van der Waals surface area contributed by atoms with E-state index in [4.69, 9.17) is 10.2 Å². The van der Waals surface area contributed by atoms with Gasteiger partial charge in [-0.1, -0.05) is 43.2 Å². The Bertz CT molecular complexity index is 73.9. The SMILES string of the molecule is OCCSSCCSSCCO. The van der Waals surface area contributed by atoms with Crippen molar-refractivity contribution in [3.8, 4) is 0 Å². The van der Waals surface area contributed by atoms with Gasteiger partial charge in [0, 0.05) is 23.0 Å². The van der Waals surface area contributed by atoms with E-state index >= 15 is 0 Å². The molecular weight excluding hydrogens is 232 g/mol. The topological polar surface area (TPSA) is 40.5 Å². The molecule has 2 N–H and O–H groups in total. The van der Waals surface area contributed by atoms with Gasteiger partial charge < -0.3 is 10.2 Å². The molecule has 0 heterocycles. The zero-order valence-corrected chi connectivity index (χ0v) is 10.0. The van der Waals surface area contributed by atoms with Crippen molar-refractivity contribution in [1.29, 1.82) is 0 Å². The van der Waals surface area contributed by atoms with Gasteiger partial charge in [0.05, 0.1) is 13.2 Å². The van der Waals surface area contributed by atoms with E-state index < -0.39 is 0 Å². The fraction of sp³-hybridized carbons (Fsp3) is 1.00. The van der Waals surface area contributed by atoms with Gasteiger partial charge in [0.15, 0.2) is 0 Å². The Morgan fingerprint density at radius 1 is 0.583 bits per heavy atom. The Morgan fingerprint density at radius 2 is 0.917 bits per heavy atom. The summed E-state index contributed by atoms with van der Waals surface area (Å²) in [4.78, 5) is 0. The molecule has 0 aromatic rings. The van der Waals surface area contributed by atoms with Crippen LogP contribution in [0.15, 0.2) is 0 Å². The standard InChI is InChI=1S/C6H14O2S4/c7-1-3-9-11-5-6-12-10-4-2-8/h7-8H,1-6H2. The summed E-state index contributed by atoms with van der Waals surface area (Å²) in [6, 6.07) is 0. The molecule has 0 unspecified atom stereocenters. The van der Waals surface area contributed by atoms with Gasteiger partial charge in [-0.15, -0.1) is 0 Å². The van der Waals surface area contributed by atoms with E-state index in [1.807, 2.05) is 0 Å². The molecule has 0 spiro atoms. The highest BCUT2D eigenvalue weighted by Crippen LogP contribution is 2.26. The molecule has 0 atom stereocenters. The minimum Gasteiger partial charge on any atom is -0.395 e. The molecular formula is C6H14O2S4. The summed E-state index contributed by atoms with van der Waals surface area (Å²) in [5.41, 5.74) is 0. The van der Waals surface area contributed by atoms with Crippen molar-refractivity contribution >= 4 is 43.2 Å². The highest BCUT2D eigenvalue weighted by Gasteiger charge is 1.91. The summed E-state index contributed by atoms with van der Waals surface area (Å²) >= 11 is 0. The van der Waals surface area contributed by atoms with E-state index in [0.717, 1.165) is 23.0 Å². The first-order chi connectivity index (χ1) is 5.91. The van der Waals surface area contributed by atoms with E-state index in [9.17, 15) is 0 Å². The van der Waals surface area contributed by atoms with Crippen LogP contribution in [-0.2, 0) is 0 Å². The zero-order chi connectivity index (χ0) is 9.07. The van der Waals surface area contributed by atoms with Gasteiger partial charge in [-0.25, -0.2) is 0 Å². The molecule has 0 aliphatic rings. The van der Waals surface area contributed by atoms with Crippen molar-refractivity contribution in [2.24, 2.45) is 0 Å². The van der Waals surface area contributed by atoms with Crippen molar-refractivity contribution in [1.82, 2.24) is 0 Å². The molecule has 0 rings (SSSR count). The predicted octanol–water partition coefficient (Wildman–Crippen LogP) is 1.73. The smallest absolute Gasteiger partial charge is 0.0530 e. The average Bonchev–Trinajstić information content (AvgIpc) is 2.10. The summed E-state index contributed by atoms with van der Waals surface area (Å²) in [5.74, 6) is 3.85. The lowest BCUT2D eigenvalue weighted by molar-refractivity contribution is 0.322. The quantitative estimate of drug-likeness (QED) is 0.477. The van der Waals surface area contributed by atoms with Crippen molar-refractivity contribution in [2.45, 2.75) is 0 Å². The van der Waals surface area contributed by atoms with Gasteiger partial charge in [-0.3, -0.25) is 0 Å². The largest absolute Gasteiger partial charge is 0.395 e. The van der Waals surface area contributed by atoms with Crippen molar-refractivity contribution < 1.29 is 10.2 Å². The van der Waals surface area contributed by atoms with Crippen LogP contribution in [0.1, 0.15) is 0 Å². The number of hydrogen-bond acceptors (Lipinski definition) is 6. The van der Waals surface area contributed by atoms with Crippen LogP contribution in [0.4, 0.5) is 0 Å². The first-order valence-corrected chi connectivity index (χ1v) is 8.60. The minimum absolute atomic E-state index is 0.268. The number of aliphatic hydroxyl groups is 2. The molecule has 0 aromatic heterocycles. The average molecular weight is 246 g/mol. The van der Waals surface area contributed by atoms with Crippen molar-refractivity contribution in [3.63, 3.8) is 0 Å². The van der Waals surface area contributed by atoms with Crippen LogP contribution in [-0.4, -0.2) is 46.4 Å². The van der Waals surface area contributed by atoms with Crippen molar-refractivity contribution in [2.75, 3.05) is 36.2 Å². The fourth-order valence-electron chi connectivity index (χ4n) is 0.378. The van der Waals surface area contributed by atoms with E-state index in [-0.39, 0.29) is 13.2 Å². The van der Waals surface area contributed by atoms with E-state index in [2.05, 4.69) is 0 Å². The Balaban J connectivity index is 2.73. The highest BCUT2D eigenvalue weighted by atomic mass is 33.1. The third kappa shape index (κ3) is 11.3. The zero-order valence-electron chi connectivity index (χ0n) is 6.77. The molecule has 0 saturated carbocycles. The second kappa shape index (κ2) is 12.3. The van der Waals surface area contributed by atoms with Crippen LogP contribution in [0, 0.1) is 0 Å². The lowest BCUT2D eigenvalue weighted by Crippen LogP contribution is -1.86. The normalized spacial score (nSPS) is 10.5. The molecule has 6 heteroatoms.